The summed E-state index contributed by atoms with van der Waals surface area (Å²) in [5.74, 6) is -0.165. The first-order valence-corrected chi connectivity index (χ1v) is 10.8. The van der Waals surface area contributed by atoms with Crippen LogP contribution in [0.4, 0.5) is 0 Å². The molecule has 0 saturated carbocycles. The van der Waals surface area contributed by atoms with Crippen molar-refractivity contribution in [2.75, 3.05) is 19.8 Å². The van der Waals surface area contributed by atoms with E-state index in [2.05, 4.69) is 20.7 Å². The maximum absolute atomic E-state index is 12.3. The van der Waals surface area contributed by atoms with E-state index in [1.165, 1.54) is 12.1 Å². The molecule has 0 aliphatic heterocycles. The van der Waals surface area contributed by atoms with Crippen molar-refractivity contribution in [2.24, 2.45) is 0 Å². The molecule has 0 fully saturated rings. The fourth-order valence-electron chi connectivity index (χ4n) is 2.44. The zero-order valence-corrected chi connectivity index (χ0v) is 17.9. The number of esters is 1. The van der Waals surface area contributed by atoms with Crippen molar-refractivity contribution in [3.05, 3.63) is 58.1 Å². The summed E-state index contributed by atoms with van der Waals surface area (Å²) >= 11 is 3.22. The Morgan fingerprint density at radius 2 is 1.71 bits per heavy atom. The first-order valence-electron chi connectivity index (χ1n) is 8.49. The second kappa shape index (κ2) is 10.0. The lowest BCUT2D eigenvalue weighted by atomic mass is 10.1. The zero-order chi connectivity index (χ0) is 20.7. The number of carbonyl (C=O) groups excluding carboxylic acids is 1. The number of benzene rings is 2. The summed E-state index contributed by atoms with van der Waals surface area (Å²) in [4.78, 5) is 12.1. The van der Waals surface area contributed by atoms with Crippen molar-refractivity contribution in [3.63, 3.8) is 0 Å². The van der Waals surface area contributed by atoms with Crippen molar-refractivity contribution >= 4 is 31.9 Å². The van der Waals surface area contributed by atoms with Gasteiger partial charge in [0.25, 0.3) is 0 Å². The number of halogens is 1. The van der Waals surface area contributed by atoms with Crippen molar-refractivity contribution < 1.29 is 27.8 Å². The molecule has 1 unspecified atom stereocenters. The molecule has 0 aliphatic carbocycles. The maximum Gasteiger partial charge on any atom is 0.326 e. The van der Waals surface area contributed by atoms with Gasteiger partial charge in [-0.25, -0.2) is 8.42 Å². The normalized spacial score (nSPS) is 12.4. The van der Waals surface area contributed by atoms with Crippen LogP contribution in [0, 0.1) is 13.8 Å². The van der Waals surface area contributed by atoms with Crippen LogP contribution in [0.1, 0.15) is 11.1 Å². The van der Waals surface area contributed by atoms with Crippen molar-refractivity contribution in [1.82, 2.24) is 4.72 Å². The average Bonchev–Trinajstić information content (AvgIpc) is 2.65. The van der Waals surface area contributed by atoms with E-state index >= 15 is 0 Å². The van der Waals surface area contributed by atoms with Gasteiger partial charge in [0.15, 0.2) is 0 Å². The van der Waals surface area contributed by atoms with Crippen LogP contribution in [0.3, 0.4) is 0 Å². The van der Waals surface area contributed by atoms with E-state index in [-0.39, 0.29) is 18.1 Å². The number of rotatable bonds is 9. The first-order chi connectivity index (χ1) is 13.2. The number of nitrogens with one attached hydrogen (secondary N) is 1. The summed E-state index contributed by atoms with van der Waals surface area (Å²) in [5, 5.41) is 9.39. The Labute approximate surface area is 172 Å². The molecule has 0 radical (unpaired) electrons. The third kappa shape index (κ3) is 6.03. The van der Waals surface area contributed by atoms with E-state index < -0.39 is 28.6 Å². The van der Waals surface area contributed by atoms with E-state index in [0.29, 0.717) is 10.2 Å². The molecule has 0 heterocycles. The topological polar surface area (TPSA) is 102 Å². The fourth-order valence-corrected chi connectivity index (χ4v) is 3.88. The van der Waals surface area contributed by atoms with Crippen LogP contribution >= 0.6 is 15.9 Å². The van der Waals surface area contributed by atoms with Crippen LogP contribution < -0.4 is 9.46 Å². The number of para-hydroxylation sites is 1. The third-order valence-corrected chi connectivity index (χ3v) is 5.89. The lowest BCUT2D eigenvalue weighted by molar-refractivity contribution is -0.147. The van der Waals surface area contributed by atoms with Gasteiger partial charge in [0, 0.05) is 4.47 Å². The monoisotopic (exact) mass is 471 g/mol. The SMILES string of the molecule is Cc1cccc(C)c1OCCOC(=O)C(CO)NS(=O)(=O)c1ccc(Br)cc1. The van der Waals surface area contributed by atoms with Gasteiger partial charge < -0.3 is 14.6 Å². The molecule has 2 aromatic rings. The zero-order valence-electron chi connectivity index (χ0n) is 15.5. The Morgan fingerprint density at radius 1 is 1.11 bits per heavy atom. The molecule has 2 aromatic carbocycles. The molecule has 9 heteroatoms. The lowest BCUT2D eigenvalue weighted by Crippen LogP contribution is -2.44. The van der Waals surface area contributed by atoms with Gasteiger partial charge in [0.1, 0.15) is 25.0 Å². The minimum Gasteiger partial charge on any atom is -0.489 e. The predicted octanol–water partition coefficient (Wildman–Crippen LogP) is 2.33. The molecule has 0 amide bonds. The Bertz CT molecular complexity index is 894. The Kier molecular flexibility index (Phi) is 7.99. The van der Waals surface area contributed by atoms with Crippen molar-refractivity contribution in [2.45, 2.75) is 24.8 Å². The highest BCUT2D eigenvalue weighted by molar-refractivity contribution is 9.10. The minimum atomic E-state index is -3.98. The van der Waals surface area contributed by atoms with E-state index in [9.17, 15) is 18.3 Å². The van der Waals surface area contributed by atoms with Gasteiger partial charge in [-0.2, -0.15) is 4.72 Å². The number of aliphatic hydroxyl groups is 1. The van der Waals surface area contributed by atoms with Gasteiger partial charge in [0.05, 0.1) is 11.5 Å². The Hall–Kier alpha value is -1.94. The average molecular weight is 472 g/mol. The quantitative estimate of drug-likeness (QED) is 0.429. The van der Waals surface area contributed by atoms with Crippen LogP contribution in [0.15, 0.2) is 51.8 Å². The van der Waals surface area contributed by atoms with Crippen LogP contribution in [0.25, 0.3) is 0 Å². The molecule has 152 valence electrons. The molecular formula is C19H22BrNO6S. The largest absolute Gasteiger partial charge is 0.489 e. The Morgan fingerprint density at radius 3 is 2.29 bits per heavy atom. The van der Waals surface area contributed by atoms with E-state index in [4.69, 9.17) is 9.47 Å². The summed E-state index contributed by atoms with van der Waals surface area (Å²) in [6.07, 6.45) is 0. The van der Waals surface area contributed by atoms with E-state index in [1.807, 2.05) is 32.0 Å². The number of ether oxygens (including phenoxy) is 2. The summed E-state index contributed by atoms with van der Waals surface area (Å²) in [5.41, 5.74) is 1.92. The molecule has 0 aromatic heterocycles. The van der Waals surface area contributed by atoms with E-state index in [0.717, 1.165) is 11.1 Å². The molecule has 0 saturated heterocycles. The Balaban J connectivity index is 1.90. The minimum absolute atomic E-state index is 0.0275. The number of hydrogen-bond acceptors (Lipinski definition) is 6. The molecule has 7 nitrogen and oxygen atoms in total. The summed E-state index contributed by atoms with van der Waals surface area (Å²) in [6, 6.07) is 10.2. The van der Waals surface area contributed by atoms with Gasteiger partial charge >= 0.3 is 5.97 Å². The molecule has 28 heavy (non-hydrogen) atoms. The smallest absolute Gasteiger partial charge is 0.326 e. The third-order valence-electron chi connectivity index (χ3n) is 3.87. The second-order valence-corrected chi connectivity index (χ2v) is 8.68. The second-order valence-electron chi connectivity index (χ2n) is 6.05. The van der Waals surface area contributed by atoms with Crippen molar-refractivity contribution in [3.8, 4) is 5.75 Å². The highest BCUT2D eigenvalue weighted by atomic mass is 79.9. The number of hydrogen-bond donors (Lipinski definition) is 2. The highest BCUT2D eigenvalue weighted by Crippen LogP contribution is 2.22. The molecule has 0 aliphatic rings. The molecule has 2 rings (SSSR count). The first kappa shape index (κ1) is 22.4. The molecular weight excluding hydrogens is 450 g/mol. The van der Waals surface area contributed by atoms with Gasteiger partial charge in [0.2, 0.25) is 10.0 Å². The van der Waals surface area contributed by atoms with Crippen LogP contribution in [0.2, 0.25) is 0 Å². The van der Waals surface area contributed by atoms with Gasteiger partial charge in [-0.15, -0.1) is 0 Å². The van der Waals surface area contributed by atoms with Crippen LogP contribution in [0.5, 0.6) is 5.75 Å². The number of carbonyl (C=O) groups is 1. The van der Waals surface area contributed by atoms with Crippen LogP contribution in [-0.4, -0.2) is 45.4 Å². The van der Waals surface area contributed by atoms with Crippen LogP contribution in [-0.2, 0) is 19.6 Å². The summed E-state index contributed by atoms with van der Waals surface area (Å²) < 4.78 is 38.2. The fraction of sp³-hybridized carbons (Fsp3) is 0.316. The number of sulfonamides is 1. The van der Waals surface area contributed by atoms with E-state index in [1.54, 1.807) is 12.1 Å². The molecule has 0 spiro atoms. The highest BCUT2D eigenvalue weighted by Gasteiger charge is 2.26. The van der Waals surface area contributed by atoms with Gasteiger partial charge in [-0.1, -0.05) is 34.1 Å². The van der Waals surface area contributed by atoms with Gasteiger partial charge in [-0.3, -0.25) is 4.79 Å². The van der Waals surface area contributed by atoms with Gasteiger partial charge in [-0.05, 0) is 49.2 Å². The molecule has 0 bridgehead atoms. The summed E-state index contributed by atoms with van der Waals surface area (Å²) in [6.45, 7) is 3.12. The lowest BCUT2D eigenvalue weighted by Gasteiger charge is -2.16. The number of aliphatic hydroxyl groups excluding tert-OH is 1. The molecule has 1 atom stereocenters. The summed E-state index contributed by atoms with van der Waals surface area (Å²) in [7, 11) is -3.98. The molecule has 2 N–H and O–H groups in total. The predicted molar refractivity (Wildman–Crippen MR) is 108 cm³/mol. The van der Waals surface area contributed by atoms with Crippen molar-refractivity contribution in [1.29, 1.82) is 0 Å². The standard InChI is InChI=1S/C19H22BrNO6S/c1-13-4-3-5-14(2)18(13)26-10-11-27-19(23)17(12-22)21-28(24,25)16-8-6-15(20)7-9-16/h3-9,17,21-22H,10-12H2,1-2H3. The maximum atomic E-state index is 12.3. The number of aryl methyl sites for hydroxylation is 2.